The molecule has 0 radical (unpaired) electrons. The summed E-state index contributed by atoms with van der Waals surface area (Å²) < 4.78 is 35.7. The molecular weight excluding hydrogens is 370 g/mol. The fourth-order valence-corrected chi connectivity index (χ4v) is 3.59. The van der Waals surface area contributed by atoms with Crippen molar-refractivity contribution in [3.63, 3.8) is 0 Å². The summed E-state index contributed by atoms with van der Waals surface area (Å²) in [5.74, 6) is 0.0645. The van der Waals surface area contributed by atoms with E-state index < -0.39 is 15.9 Å². The van der Waals surface area contributed by atoms with Gasteiger partial charge in [-0.25, -0.2) is 8.42 Å². The molecule has 27 heavy (non-hydrogen) atoms. The van der Waals surface area contributed by atoms with Crippen LogP contribution < -0.4 is 10.2 Å². The fraction of sp³-hybridized carbons (Fsp3) is 0.389. The summed E-state index contributed by atoms with van der Waals surface area (Å²) in [6.45, 7) is 2.45. The van der Waals surface area contributed by atoms with Crippen molar-refractivity contribution < 1.29 is 22.4 Å². The van der Waals surface area contributed by atoms with Crippen molar-refractivity contribution in [2.75, 3.05) is 49.3 Å². The van der Waals surface area contributed by atoms with Crippen molar-refractivity contribution in [1.82, 2.24) is 4.31 Å². The molecule has 0 bridgehead atoms. The average Bonchev–Trinajstić information content (AvgIpc) is 3.15. The number of carbonyl (C=O) groups excluding carboxylic acids is 1. The van der Waals surface area contributed by atoms with Gasteiger partial charge in [0.25, 0.3) is 0 Å². The molecule has 0 spiro atoms. The lowest BCUT2D eigenvalue weighted by atomic mass is 10.2. The van der Waals surface area contributed by atoms with Gasteiger partial charge in [0, 0.05) is 13.1 Å². The minimum absolute atomic E-state index is 0.00433. The van der Waals surface area contributed by atoms with Crippen LogP contribution in [-0.4, -0.2) is 57.7 Å². The quantitative estimate of drug-likeness (QED) is 0.767. The van der Waals surface area contributed by atoms with Gasteiger partial charge in [-0.2, -0.15) is 4.31 Å². The Balaban J connectivity index is 1.70. The van der Waals surface area contributed by atoms with Crippen LogP contribution in [0.15, 0.2) is 47.1 Å². The van der Waals surface area contributed by atoms with Crippen LogP contribution >= 0.6 is 0 Å². The van der Waals surface area contributed by atoms with Gasteiger partial charge in [0.05, 0.1) is 50.2 Å². The SMILES string of the molecule is CS(=O)(=O)N(CC(=O)Nc1ccccc1N1CCOCC1)Cc1ccco1. The van der Waals surface area contributed by atoms with Gasteiger partial charge in [-0.3, -0.25) is 4.79 Å². The third-order valence-electron chi connectivity index (χ3n) is 4.23. The Morgan fingerprint density at radius 3 is 2.59 bits per heavy atom. The third kappa shape index (κ3) is 5.31. The Labute approximate surface area is 158 Å². The Morgan fingerprint density at radius 1 is 1.19 bits per heavy atom. The first-order valence-electron chi connectivity index (χ1n) is 8.62. The molecule has 146 valence electrons. The highest BCUT2D eigenvalue weighted by atomic mass is 32.2. The lowest BCUT2D eigenvalue weighted by molar-refractivity contribution is -0.116. The monoisotopic (exact) mass is 393 g/mol. The van der Waals surface area contributed by atoms with Crippen molar-refractivity contribution in [3.8, 4) is 0 Å². The van der Waals surface area contributed by atoms with E-state index in [-0.39, 0.29) is 13.1 Å². The third-order valence-corrected chi connectivity index (χ3v) is 5.43. The number of rotatable bonds is 7. The van der Waals surface area contributed by atoms with E-state index in [4.69, 9.17) is 9.15 Å². The highest BCUT2D eigenvalue weighted by Crippen LogP contribution is 2.26. The van der Waals surface area contributed by atoms with E-state index in [0.29, 0.717) is 24.7 Å². The summed E-state index contributed by atoms with van der Waals surface area (Å²) in [5.41, 5.74) is 1.54. The molecule has 1 fully saturated rings. The number of furan rings is 1. The predicted molar refractivity (Wildman–Crippen MR) is 102 cm³/mol. The van der Waals surface area contributed by atoms with Crippen LogP contribution in [0.1, 0.15) is 5.76 Å². The van der Waals surface area contributed by atoms with Crippen LogP contribution in [0.4, 0.5) is 11.4 Å². The normalized spacial score (nSPS) is 15.1. The van der Waals surface area contributed by atoms with Crippen LogP contribution in [0.2, 0.25) is 0 Å². The standard InChI is InChI=1S/C18H23N3O5S/c1-27(23,24)21(13-15-5-4-10-26-15)14-18(22)19-16-6-2-3-7-17(16)20-8-11-25-12-9-20/h2-7,10H,8-9,11-14H2,1H3,(H,19,22). The summed E-state index contributed by atoms with van der Waals surface area (Å²) in [6.07, 6.45) is 2.54. The molecule has 3 rings (SSSR count). The van der Waals surface area contributed by atoms with Gasteiger partial charge < -0.3 is 19.4 Å². The topological polar surface area (TPSA) is 92.1 Å². The molecule has 1 aliphatic rings. The molecule has 2 heterocycles. The number of hydrogen-bond donors (Lipinski definition) is 1. The number of nitrogens with zero attached hydrogens (tertiary/aromatic N) is 2. The fourth-order valence-electron chi connectivity index (χ4n) is 2.88. The maximum Gasteiger partial charge on any atom is 0.239 e. The number of sulfonamides is 1. The van der Waals surface area contributed by atoms with Crippen LogP contribution in [0.3, 0.4) is 0 Å². The van der Waals surface area contributed by atoms with Gasteiger partial charge in [0.1, 0.15) is 5.76 Å². The Morgan fingerprint density at radius 2 is 1.93 bits per heavy atom. The molecule has 1 aromatic carbocycles. The van der Waals surface area contributed by atoms with Gasteiger partial charge in [-0.05, 0) is 24.3 Å². The average molecular weight is 393 g/mol. The number of amides is 1. The number of morpholine rings is 1. The first-order valence-corrected chi connectivity index (χ1v) is 10.5. The maximum atomic E-state index is 12.5. The second kappa shape index (κ2) is 8.55. The van der Waals surface area contributed by atoms with Gasteiger partial charge in [0.15, 0.2) is 0 Å². The zero-order valence-electron chi connectivity index (χ0n) is 15.1. The highest BCUT2D eigenvalue weighted by Gasteiger charge is 2.23. The molecule has 1 aliphatic heterocycles. The first-order chi connectivity index (χ1) is 12.9. The van der Waals surface area contributed by atoms with Crippen molar-refractivity contribution in [2.24, 2.45) is 0 Å². The van der Waals surface area contributed by atoms with Crippen molar-refractivity contribution >= 4 is 27.3 Å². The Bertz CT molecular complexity index is 861. The van der Waals surface area contributed by atoms with E-state index >= 15 is 0 Å². The van der Waals surface area contributed by atoms with Crippen molar-refractivity contribution in [3.05, 3.63) is 48.4 Å². The molecule has 1 N–H and O–H groups in total. The predicted octanol–water partition coefficient (Wildman–Crippen LogP) is 1.52. The van der Waals surface area contributed by atoms with E-state index in [9.17, 15) is 13.2 Å². The highest BCUT2D eigenvalue weighted by molar-refractivity contribution is 7.88. The number of ether oxygens (including phenoxy) is 1. The number of para-hydroxylation sites is 2. The zero-order valence-corrected chi connectivity index (χ0v) is 15.9. The van der Waals surface area contributed by atoms with Crippen molar-refractivity contribution in [2.45, 2.75) is 6.54 Å². The lowest BCUT2D eigenvalue weighted by Crippen LogP contribution is -2.38. The minimum Gasteiger partial charge on any atom is -0.468 e. The summed E-state index contributed by atoms with van der Waals surface area (Å²) in [5, 5.41) is 2.83. The molecular formula is C18H23N3O5S. The zero-order chi connectivity index (χ0) is 19.3. The second-order valence-corrected chi connectivity index (χ2v) is 8.26. The van der Waals surface area contributed by atoms with E-state index in [1.807, 2.05) is 18.2 Å². The first kappa shape index (κ1) is 19.4. The van der Waals surface area contributed by atoms with E-state index in [1.54, 1.807) is 18.2 Å². The van der Waals surface area contributed by atoms with Gasteiger partial charge in [-0.15, -0.1) is 0 Å². The van der Waals surface area contributed by atoms with Crippen molar-refractivity contribution in [1.29, 1.82) is 0 Å². The number of benzene rings is 1. The van der Waals surface area contributed by atoms with E-state index in [2.05, 4.69) is 10.2 Å². The molecule has 2 aromatic rings. The molecule has 1 amide bonds. The summed E-state index contributed by atoms with van der Waals surface area (Å²) >= 11 is 0. The van der Waals surface area contributed by atoms with E-state index in [0.717, 1.165) is 29.3 Å². The smallest absolute Gasteiger partial charge is 0.239 e. The van der Waals surface area contributed by atoms with Crippen LogP contribution in [0, 0.1) is 0 Å². The number of hydrogen-bond acceptors (Lipinski definition) is 6. The van der Waals surface area contributed by atoms with Crippen LogP contribution in [0.25, 0.3) is 0 Å². The number of carbonyl (C=O) groups is 1. The molecule has 1 saturated heterocycles. The van der Waals surface area contributed by atoms with Gasteiger partial charge >= 0.3 is 0 Å². The number of anilines is 2. The molecule has 0 unspecified atom stereocenters. The largest absolute Gasteiger partial charge is 0.468 e. The maximum absolute atomic E-state index is 12.5. The Hall–Kier alpha value is -2.36. The van der Waals surface area contributed by atoms with Gasteiger partial charge in [0.2, 0.25) is 15.9 Å². The summed E-state index contributed by atoms with van der Waals surface area (Å²) in [4.78, 5) is 14.7. The molecule has 0 aliphatic carbocycles. The molecule has 0 atom stereocenters. The molecule has 8 nitrogen and oxygen atoms in total. The molecule has 9 heteroatoms. The van der Waals surface area contributed by atoms with Gasteiger partial charge in [-0.1, -0.05) is 12.1 Å². The Kier molecular flexibility index (Phi) is 6.15. The number of nitrogens with one attached hydrogen (secondary N) is 1. The van der Waals surface area contributed by atoms with Crippen LogP contribution in [-0.2, 0) is 26.1 Å². The molecule has 0 saturated carbocycles. The molecule has 1 aromatic heterocycles. The van der Waals surface area contributed by atoms with Crippen LogP contribution in [0.5, 0.6) is 0 Å². The summed E-state index contributed by atoms with van der Waals surface area (Å²) in [6, 6.07) is 10.8. The lowest BCUT2D eigenvalue weighted by Gasteiger charge is -2.30. The van der Waals surface area contributed by atoms with E-state index in [1.165, 1.54) is 6.26 Å². The second-order valence-electron chi connectivity index (χ2n) is 6.28. The minimum atomic E-state index is -3.57. The summed E-state index contributed by atoms with van der Waals surface area (Å²) in [7, 11) is -3.57.